The molecule has 0 aromatic heterocycles. The van der Waals surface area contributed by atoms with Gasteiger partial charge < -0.3 is 14.6 Å². The Hall–Kier alpha value is -1.06. The van der Waals surface area contributed by atoms with Crippen LogP contribution in [-0.2, 0) is 11.2 Å². The lowest BCUT2D eigenvalue weighted by atomic mass is 9.89. The first-order valence-electron chi connectivity index (χ1n) is 7.18. The molecule has 0 bridgehead atoms. The zero-order valence-corrected chi connectivity index (χ0v) is 11.9. The molecule has 1 aliphatic carbocycles. The van der Waals surface area contributed by atoms with Crippen LogP contribution in [0.15, 0.2) is 18.2 Å². The Bertz CT molecular complexity index is 401. The van der Waals surface area contributed by atoms with Crippen LogP contribution in [0.2, 0.25) is 0 Å². The van der Waals surface area contributed by atoms with E-state index in [4.69, 9.17) is 9.47 Å². The van der Waals surface area contributed by atoms with E-state index in [-0.39, 0.29) is 6.10 Å². The summed E-state index contributed by atoms with van der Waals surface area (Å²) in [7, 11) is 0. The van der Waals surface area contributed by atoms with Gasteiger partial charge in [0, 0.05) is 6.61 Å². The highest BCUT2D eigenvalue weighted by Crippen LogP contribution is 2.32. The molecule has 1 aromatic rings. The topological polar surface area (TPSA) is 38.7 Å². The van der Waals surface area contributed by atoms with Gasteiger partial charge in [0.1, 0.15) is 12.4 Å². The van der Waals surface area contributed by atoms with Crippen LogP contribution < -0.4 is 4.74 Å². The summed E-state index contributed by atoms with van der Waals surface area (Å²) in [5.74, 6) is 1.38. The Labute approximate surface area is 115 Å². The summed E-state index contributed by atoms with van der Waals surface area (Å²) in [6.07, 6.45) is 2.65. The highest BCUT2D eigenvalue weighted by Gasteiger charge is 2.18. The normalized spacial score (nSPS) is 18.4. The van der Waals surface area contributed by atoms with Crippen LogP contribution in [0.5, 0.6) is 5.75 Å². The third-order valence-corrected chi connectivity index (χ3v) is 3.35. The first kappa shape index (κ1) is 14.4. The van der Waals surface area contributed by atoms with Gasteiger partial charge in [-0.1, -0.05) is 19.9 Å². The number of aliphatic hydroxyl groups excluding tert-OH is 1. The number of ether oxygens (including phenoxy) is 2. The van der Waals surface area contributed by atoms with Gasteiger partial charge in [-0.3, -0.25) is 0 Å². The molecule has 106 valence electrons. The van der Waals surface area contributed by atoms with Gasteiger partial charge in [0.25, 0.3) is 0 Å². The van der Waals surface area contributed by atoms with E-state index in [9.17, 15) is 5.11 Å². The van der Waals surface area contributed by atoms with Gasteiger partial charge in [0.05, 0.1) is 12.7 Å². The number of fused-ring (bicyclic) bond motifs is 1. The predicted octanol–water partition coefficient (Wildman–Crippen LogP) is 3.11. The Balaban J connectivity index is 1.83. The molecule has 0 aliphatic heterocycles. The summed E-state index contributed by atoms with van der Waals surface area (Å²) >= 11 is 0. The largest absolute Gasteiger partial charge is 0.491 e. The van der Waals surface area contributed by atoms with E-state index in [2.05, 4.69) is 19.9 Å². The van der Waals surface area contributed by atoms with Crippen LogP contribution in [0.25, 0.3) is 0 Å². The van der Waals surface area contributed by atoms with Gasteiger partial charge in [-0.05, 0) is 48.4 Å². The SMILES string of the molecule is CC(C)COCCOc1ccc2c(c1)[C@@H](O)CCC2. The van der Waals surface area contributed by atoms with Gasteiger partial charge in [-0.15, -0.1) is 0 Å². The minimum atomic E-state index is -0.329. The van der Waals surface area contributed by atoms with Crippen molar-refractivity contribution in [1.82, 2.24) is 0 Å². The molecule has 0 spiro atoms. The third kappa shape index (κ3) is 4.22. The predicted molar refractivity (Wildman–Crippen MR) is 75.5 cm³/mol. The first-order chi connectivity index (χ1) is 9.16. The molecule has 0 fully saturated rings. The maximum atomic E-state index is 9.98. The summed E-state index contributed by atoms with van der Waals surface area (Å²) in [6.45, 7) is 6.20. The molecule has 3 nitrogen and oxygen atoms in total. The second-order valence-corrected chi connectivity index (χ2v) is 5.59. The number of rotatable bonds is 6. The van der Waals surface area contributed by atoms with Gasteiger partial charge in [0.2, 0.25) is 0 Å². The smallest absolute Gasteiger partial charge is 0.119 e. The summed E-state index contributed by atoms with van der Waals surface area (Å²) in [4.78, 5) is 0. The molecule has 1 aromatic carbocycles. The number of hydrogen-bond donors (Lipinski definition) is 1. The molecule has 0 radical (unpaired) electrons. The number of aliphatic hydroxyl groups is 1. The summed E-state index contributed by atoms with van der Waals surface area (Å²) in [6, 6.07) is 6.03. The van der Waals surface area contributed by atoms with Crippen molar-refractivity contribution in [3.05, 3.63) is 29.3 Å². The molecule has 0 unspecified atom stereocenters. The van der Waals surface area contributed by atoms with Crippen LogP contribution in [-0.4, -0.2) is 24.9 Å². The summed E-state index contributed by atoms with van der Waals surface area (Å²) in [5, 5.41) is 9.98. The van der Waals surface area contributed by atoms with E-state index in [0.29, 0.717) is 19.1 Å². The molecule has 0 saturated heterocycles. The van der Waals surface area contributed by atoms with Crippen LogP contribution in [0, 0.1) is 5.92 Å². The number of aryl methyl sites for hydroxylation is 1. The monoisotopic (exact) mass is 264 g/mol. The van der Waals surface area contributed by atoms with Crippen molar-refractivity contribution in [2.45, 2.75) is 39.2 Å². The van der Waals surface area contributed by atoms with Crippen molar-refractivity contribution in [3.8, 4) is 5.75 Å². The van der Waals surface area contributed by atoms with Gasteiger partial charge in [-0.2, -0.15) is 0 Å². The average Bonchev–Trinajstić information content (AvgIpc) is 2.39. The quantitative estimate of drug-likeness (QED) is 0.802. The van der Waals surface area contributed by atoms with Crippen LogP contribution in [0.1, 0.15) is 43.9 Å². The van der Waals surface area contributed by atoms with Crippen molar-refractivity contribution < 1.29 is 14.6 Å². The van der Waals surface area contributed by atoms with Crippen molar-refractivity contribution in [2.75, 3.05) is 19.8 Å². The van der Waals surface area contributed by atoms with E-state index in [1.54, 1.807) is 0 Å². The van der Waals surface area contributed by atoms with Crippen molar-refractivity contribution in [1.29, 1.82) is 0 Å². The molecule has 0 amide bonds. The van der Waals surface area contributed by atoms with E-state index >= 15 is 0 Å². The lowest BCUT2D eigenvalue weighted by molar-refractivity contribution is 0.0817. The molecular weight excluding hydrogens is 240 g/mol. The third-order valence-electron chi connectivity index (χ3n) is 3.35. The van der Waals surface area contributed by atoms with E-state index in [1.807, 2.05) is 12.1 Å². The molecule has 2 rings (SSSR count). The second-order valence-electron chi connectivity index (χ2n) is 5.59. The van der Waals surface area contributed by atoms with Crippen LogP contribution >= 0.6 is 0 Å². The first-order valence-corrected chi connectivity index (χ1v) is 7.18. The summed E-state index contributed by atoms with van der Waals surface area (Å²) in [5.41, 5.74) is 2.29. The highest BCUT2D eigenvalue weighted by molar-refractivity contribution is 5.38. The molecule has 0 heterocycles. The fraction of sp³-hybridized carbons (Fsp3) is 0.625. The fourth-order valence-corrected chi connectivity index (χ4v) is 2.38. The summed E-state index contributed by atoms with van der Waals surface area (Å²) < 4.78 is 11.1. The van der Waals surface area contributed by atoms with E-state index < -0.39 is 0 Å². The zero-order valence-electron chi connectivity index (χ0n) is 11.9. The van der Waals surface area contributed by atoms with Gasteiger partial charge >= 0.3 is 0 Å². The molecule has 0 saturated carbocycles. The maximum Gasteiger partial charge on any atom is 0.119 e. The molecule has 19 heavy (non-hydrogen) atoms. The highest BCUT2D eigenvalue weighted by atomic mass is 16.5. The van der Waals surface area contributed by atoms with Crippen LogP contribution in [0.3, 0.4) is 0 Å². The van der Waals surface area contributed by atoms with E-state index in [1.165, 1.54) is 5.56 Å². The lowest BCUT2D eigenvalue weighted by Gasteiger charge is -2.22. The second kappa shape index (κ2) is 6.92. The van der Waals surface area contributed by atoms with Crippen molar-refractivity contribution in [2.24, 2.45) is 5.92 Å². The molecule has 1 aliphatic rings. The number of benzene rings is 1. The van der Waals surface area contributed by atoms with Gasteiger partial charge in [-0.25, -0.2) is 0 Å². The average molecular weight is 264 g/mol. The minimum Gasteiger partial charge on any atom is -0.491 e. The van der Waals surface area contributed by atoms with Gasteiger partial charge in [0.15, 0.2) is 0 Å². The lowest BCUT2D eigenvalue weighted by Crippen LogP contribution is -2.12. The molecule has 1 N–H and O–H groups in total. The Kier molecular flexibility index (Phi) is 5.23. The maximum absolute atomic E-state index is 9.98. The Morgan fingerprint density at radius 3 is 2.95 bits per heavy atom. The standard InChI is InChI=1S/C16H24O3/c1-12(2)11-18-8-9-19-14-7-6-13-4-3-5-16(17)15(13)10-14/h6-7,10,12,16-17H,3-5,8-9,11H2,1-2H3/t16-/m0/s1. The van der Waals surface area contributed by atoms with E-state index in [0.717, 1.165) is 37.2 Å². The minimum absolute atomic E-state index is 0.329. The van der Waals surface area contributed by atoms with Crippen molar-refractivity contribution >= 4 is 0 Å². The fourth-order valence-electron chi connectivity index (χ4n) is 2.38. The number of hydrogen-bond acceptors (Lipinski definition) is 3. The van der Waals surface area contributed by atoms with Crippen molar-refractivity contribution in [3.63, 3.8) is 0 Å². The Morgan fingerprint density at radius 1 is 1.32 bits per heavy atom. The Morgan fingerprint density at radius 2 is 2.16 bits per heavy atom. The zero-order chi connectivity index (χ0) is 13.7. The molecular formula is C16H24O3. The van der Waals surface area contributed by atoms with Crippen LogP contribution in [0.4, 0.5) is 0 Å². The molecule has 3 heteroatoms. The molecule has 1 atom stereocenters.